The number of halogens is 2. The van der Waals surface area contributed by atoms with Crippen molar-refractivity contribution in [3.05, 3.63) is 27.2 Å². The molecule has 3 heteroatoms. The number of hydrogen-bond acceptors (Lipinski definition) is 1. The molecule has 0 aromatic heterocycles. The fraction of sp³-hybridized carbons (Fsp3) is 0.400. The van der Waals surface area contributed by atoms with Crippen molar-refractivity contribution in [3.63, 3.8) is 0 Å². The molecule has 0 unspecified atom stereocenters. The first kappa shape index (κ1) is 10.9. The van der Waals surface area contributed by atoms with Crippen LogP contribution >= 0.6 is 27.5 Å². The number of aromatic hydroxyl groups is 1. The van der Waals surface area contributed by atoms with Crippen molar-refractivity contribution in [1.29, 1.82) is 0 Å². The van der Waals surface area contributed by atoms with Gasteiger partial charge in [0.2, 0.25) is 0 Å². The lowest BCUT2D eigenvalue weighted by atomic mass is 9.87. The molecule has 0 atom stereocenters. The Morgan fingerprint density at radius 1 is 1.31 bits per heavy atom. The van der Waals surface area contributed by atoms with E-state index in [4.69, 9.17) is 11.6 Å². The van der Waals surface area contributed by atoms with Crippen molar-refractivity contribution in [2.75, 3.05) is 0 Å². The van der Waals surface area contributed by atoms with Crippen molar-refractivity contribution < 1.29 is 5.11 Å². The van der Waals surface area contributed by atoms with Gasteiger partial charge in [-0.2, -0.15) is 0 Å². The third-order valence-corrected chi connectivity index (χ3v) is 2.79. The van der Waals surface area contributed by atoms with Gasteiger partial charge in [0, 0.05) is 5.02 Å². The normalized spacial score (nSPS) is 11.8. The molecule has 72 valence electrons. The summed E-state index contributed by atoms with van der Waals surface area (Å²) in [5, 5.41) is 9.96. The van der Waals surface area contributed by atoms with Gasteiger partial charge in [-0.25, -0.2) is 0 Å². The molecule has 1 aromatic carbocycles. The number of phenolic OH excluding ortho intramolecular Hbond substituents is 1. The average molecular weight is 264 g/mol. The SMILES string of the molecule is CC(C)(C)c1cc(Br)c(O)cc1Cl. The Balaban J connectivity index is 3.32. The summed E-state index contributed by atoms with van der Waals surface area (Å²) in [6.45, 7) is 6.24. The van der Waals surface area contributed by atoms with Crippen LogP contribution in [0.1, 0.15) is 26.3 Å². The highest BCUT2D eigenvalue weighted by molar-refractivity contribution is 9.10. The Morgan fingerprint density at radius 3 is 2.31 bits per heavy atom. The molecule has 13 heavy (non-hydrogen) atoms. The molecule has 0 amide bonds. The van der Waals surface area contributed by atoms with Crippen LogP contribution in [-0.2, 0) is 5.41 Å². The molecule has 1 rings (SSSR count). The fourth-order valence-corrected chi connectivity index (χ4v) is 1.90. The number of phenols is 1. The first-order valence-corrected chi connectivity index (χ1v) is 5.18. The maximum atomic E-state index is 9.36. The fourth-order valence-electron chi connectivity index (χ4n) is 1.11. The second-order valence-electron chi connectivity index (χ2n) is 4.03. The lowest BCUT2D eigenvalue weighted by Gasteiger charge is -2.21. The summed E-state index contributed by atoms with van der Waals surface area (Å²) in [5.41, 5.74) is 1.02. The number of rotatable bonds is 0. The summed E-state index contributed by atoms with van der Waals surface area (Å²) < 4.78 is 0.682. The van der Waals surface area contributed by atoms with Crippen molar-refractivity contribution in [2.45, 2.75) is 26.2 Å². The minimum absolute atomic E-state index is 0.00664. The molecule has 0 spiro atoms. The van der Waals surface area contributed by atoms with E-state index in [1.807, 2.05) is 6.07 Å². The molecule has 0 heterocycles. The largest absolute Gasteiger partial charge is 0.507 e. The summed E-state index contributed by atoms with van der Waals surface area (Å²) in [5.74, 6) is 0.179. The lowest BCUT2D eigenvalue weighted by molar-refractivity contribution is 0.470. The maximum Gasteiger partial charge on any atom is 0.131 e. The van der Waals surface area contributed by atoms with E-state index in [0.29, 0.717) is 9.50 Å². The minimum atomic E-state index is -0.00664. The molecule has 0 saturated heterocycles. The van der Waals surface area contributed by atoms with E-state index < -0.39 is 0 Å². The van der Waals surface area contributed by atoms with E-state index in [2.05, 4.69) is 36.7 Å². The molecule has 0 saturated carbocycles. The van der Waals surface area contributed by atoms with E-state index in [1.54, 1.807) is 6.07 Å². The highest BCUT2D eigenvalue weighted by Crippen LogP contribution is 2.36. The average Bonchev–Trinajstić information content (AvgIpc) is 1.94. The van der Waals surface area contributed by atoms with Gasteiger partial charge < -0.3 is 5.11 Å². The Hall–Kier alpha value is -0.210. The monoisotopic (exact) mass is 262 g/mol. The zero-order valence-corrected chi connectivity index (χ0v) is 10.2. The van der Waals surface area contributed by atoms with E-state index in [-0.39, 0.29) is 11.2 Å². The molecule has 0 aliphatic heterocycles. The Bertz CT molecular complexity index is 328. The Kier molecular flexibility index (Phi) is 2.93. The van der Waals surface area contributed by atoms with E-state index in [0.717, 1.165) is 5.56 Å². The van der Waals surface area contributed by atoms with Crippen LogP contribution in [0.15, 0.2) is 16.6 Å². The van der Waals surface area contributed by atoms with Crippen molar-refractivity contribution in [2.24, 2.45) is 0 Å². The van der Waals surface area contributed by atoms with Gasteiger partial charge in [-0.3, -0.25) is 0 Å². The third kappa shape index (κ3) is 2.38. The van der Waals surface area contributed by atoms with Gasteiger partial charge in [-0.05, 0) is 39.0 Å². The second-order valence-corrected chi connectivity index (χ2v) is 5.30. The predicted molar refractivity (Wildman–Crippen MR) is 59.5 cm³/mol. The van der Waals surface area contributed by atoms with Gasteiger partial charge in [0.25, 0.3) is 0 Å². The molecule has 1 aromatic rings. The third-order valence-electron chi connectivity index (χ3n) is 1.84. The molecule has 0 bridgehead atoms. The van der Waals surface area contributed by atoms with Crippen molar-refractivity contribution in [3.8, 4) is 5.75 Å². The van der Waals surface area contributed by atoms with E-state index >= 15 is 0 Å². The van der Waals surface area contributed by atoms with E-state index in [1.165, 1.54) is 0 Å². The topological polar surface area (TPSA) is 20.2 Å². The summed E-state index contributed by atoms with van der Waals surface area (Å²) in [6.07, 6.45) is 0. The van der Waals surface area contributed by atoms with Crippen LogP contribution in [0.25, 0.3) is 0 Å². The molecule has 0 aliphatic rings. The predicted octanol–water partition coefficient (Wildman–Crippen LogP) is 4.11. The van der Waals surface area contributed by atoms with E-state index in [9.17, 15) is 5.11 Å². The van der Waals surface area contributed by atoms with Crippen molar-refractivity contribution in [1.82, 2.24) is 0 Å². The summed E-state index contributed by atoms with van der Waals surface area (Å²) in [6, 6.07) is 3.42. The van der Waals surface area contributed by atoms with Crippen LogP contribution in [0.2, 0.25) is 5.02 Å². The smallest absolute Gasteiger partial charge is 0.131 e. The van der Waals surface area contributed by atoms with Crippen molar-refractivity contribution >= 4 is 27.5 Å². The first-order chi connectivity index (χ1) is 5.82. The zero-order chi connectivity index (χ0) is 10.2. The molecule has 1 nitrogen and oxygen atoms in total. The first-order valence-electron chi connectivity index (χ1n) is 4.01. The van der Waals surface area contributed by atoms with Crippen LogP contribution in [0.4, 0.5) is 0 Å². The van der Waals surface area contributed by atoms with Gasteiger partial charge in [-0.15, -0.1) is 0 Å². The molecule has 0 aliphatic carbocycles. The number of benzene rings is 1. The van der Waals surface area contributed by atoms with Crippen LogP contribution < -0.4 is 0 Å². The minimum Gasteiger partial charge on any atom is -0.507 e. The van der Waals surface area contributed by atoms with Gasteiger partial charge in [0.05, 0.1) is 4.47 Å². The molecular formula is C10H12BrClO. The second kappa shape index (κ2) is 3.50. The summed E-state index contributed by atoms with van der Waals surface area (Å²) in [7, 11) is 0. The Morgan fingerprint density at radius 2 is 1.85 bits per heavy atom. The zero-order valence-electron chi connectivity index (χ0n) is 7.86. The highest BCUT2D eigenvalue weighted by atomic mass is 79.9. The van der Waals surface area contributed by atoms with Gasteiger partial charge in [0.15, 0.2) is 0 Å². The Labute approximate surface area is 91.9 Å². The van der Waals surface area contributed by atoms with Gasteiger partial charge in [0.1, 0.15) is 5.75 Å². The van der Waals surface area contributed by atoms with Crippen LogP contribution in [-0.4, -0.2) is 5.11 Å². The van der Waals surface area contributed by atoms with Crippen LogP contribution in [0.3, 0.4) is 0 Å². The molecule has 0 radical (unpaired) electrons. The summed E-state index contributed by atoms with van der Waals surface area (Å²) >= 11 is 9.27. The standard InChI is InChI=1S/C10H12BrClO/c1-10(2,3)6-4-7(11)9(13)5-8(6)12/h4-5,13H,1-3H3. The quantitative estimate of drug-likeness (QED) is 0.747. The molecular weight excluding hydrogens is 251 g/mol. The summed E-state index contributed by atoms with van der Waals surface area (Å²) in [4.78, 5) is 0. The van der Waals surface area contributed by atoms with Crippen LogP contribution in [0, 0.1) is 0 Å². The van der Waals surface area contributed by atoms with Gasteiger partial charge >= 0.3 is 0 Å². The van der Waals surface area contributed by atoms with Crippen LogP contribution in [0.5, 0.6) is 5.75 Å². The lowest BCUT2D eigenvalue weighted by Crippen LogP contribution is -2.11. The molecule has 0 fully saturated rings. The number of hydrogen-bond donors (Lipinski definition) is 1. The highest BCUT2D eigenvalue weighted by Gasteiger charge is 2.18. The van der Waals surface area contributed by atoms with Gasteiger partial charge in [-0.1, -0.05) is 32.4 Å². The molecule has 1 N–H and O–H groups in total. The maximum absolute atomic E-state index is 9.36.